The number of amides is 2. The van der Waals surface area contributed by atoms with Crippen LogP contribution in [0.4, 0.5) is 5.69 Å². The number of rotatable bonds is 11. The molecule has 0 spiro atoms. The molecule has 0 aliphatic heterocycles. The molecule has 0 fully saturated rings. The monoisotopic (exact) mass is 487 g/mol. The smallest absolute Gasteiger partial charge is 0.242 e. The van der Waals surface area contributed by atoms with Crippen molar-refractivity contribution in [1.82, 2.24) is 10.2 Å². The Morgan fingerprint density at radius 1 is 0.971 bits per heavy atom. The molecule has 8 heteroatoms. The highest BCUT2D eigenvalue weighted by Gasteiger charge is 2.27. The number of anilines is 1. The van der Waals surface area contributed by atoms with E-state index in [0.29, 0.717) is 18.7 Å². The van der Waals surface area contributed by atoms with Crippen LogP contribution in [0.2, 0.25) is 0 Å². The van der Waals surface area contributed by atoms with Crippen LogP contribution >= 0.6 is 0 Å². The van der Waals surface area contributed by atoms with Crippen LogP contribution in [0.3, 0.4) is 0 Å². The van der Waals surface area contributed by atoms with Crippen molar-refractivity contribution >= 4 is 27.5 Å². The quantitative estimate of drug-likeness (QED) is 0.522. The number of hydrogen-bond acceptors (Lipinski definition) is 4. The van der Waals surface area contributed by atoms with Gasteiger partial charge in [0.15, 0.2) is 0 Å². The molecule has 1 N–H and O–H groups in total. The third kappa shape index (κ3) is 7.87. The van der Waals surface area contributed by atoms with Gasteiger partial charge in [0.1, 0.15) is 6.04 Å². The molecule has 186 valence electrons. The van der Waals surface area contributed by atoms with Crippen LogP contribution in [-0.4, -0.2) is 50.0 Å². The van der Waals surface area contributed by atoms with Gasteiger partial charge in [-0.1, -0.05) is 48.0 Å². The fraction of sp³-hybridized carbons (Fsp3) is 0.462. The van der Waals surface area contributed by atoms with E-state index in [0.717, 1.165) is 16.7 Å². The second kappa shape index (κ2) is 12.0. The molecule has 2 rings (SSSR count). The molecular weight excluding hydrogens is 450 g/mol. The molecule has 34 heavy (non-hydrogen) atoms. The number of sulfonamides is 1. The molecule has 2 aromatic carbocycles. The lowest BCUT2D eigenvalue weighted by molar-refractivity contribution is -0.140. The Kier molecular flexibility index (Phi) is 9.67. The van der Waals surface area contributed by atoms with Gasteiger partial charge in [0, 0.05) is 25.6 Å². The Balaban J connectivity index is 2.17. The molecule has 0 radical (unpaired) electrons. The van der Waals surface area contributed by atoms with Gasteiger partial charge in [-0.25, -0.2) is 8.42 Å². The highest BCUT2D eigenvalue weighted by Crippen LogP contribution is 2.23. The van der Waals surface area contributed by atoms with E-state index in [4.69, 9.17) is 0 Å². The summed E-state index contributed by atoms with van der Waals surface area (Å²) in [5.74, 6) is -0.404. The van der Waals surface area contributed by atoms with Crippen molar-refractivity contribution < 1.29 is 18.0 Å². The molecular formula is C26H37N3O4S. The van der Waals surface area contributed by atoms with Gasteiger partial charge in [0.2, 0.25) is 21.8 Å². The van der Waals surface area contributed by atoms with E-state index in [1.807, 2.05) is 64.1 Å². The summed E-state index contributed by atoms with van der Waals surface area (Å²) in [6.45, 7) is 9.81. The number of carbonyl (C=O) groups is 2. The largest absolute Gasteiger partial charge is 0.352 e. The van der Waals surface area contributed by atoms with Crippen molar-refractivity contribution in [2.24, 2.45) is 0 Å². The maximum Gasteiger partial charge on any atom is 0.242 e. The SMILES string of the molecule is Cc1ccc(CN(C(=O)CCCN(c2ccccc2C)S(C)(=O)=O)[C@H](C)C(=O)NC(C)C)cc1. The van der Waals surface area contributed by atoms with E-state index in [-0.39, 0.29) is 30.8 Å². The molecule has 0 saturated carbocycles. The zero-order valence-electron chi connectivity index (χ0n) is 21.0. The number of para-hydroxylation sites is 1. The molecule has 2 aromatic rings. The van der Waals surface area contributed by atoms with E-state index in [9.17, 15) is 18.0 Å². The Labute approximate surface area is 204 Å². The first-order valence-corrected chi connectivity index (χ1v) is 13.4. The molecule has 0 unspecified atom stereocenters. The minimum Gasteiger partial charge on any atom is -0.352 e. The molecule has 7 nitrogen and oxygen atoms in total. The van der Waals surface area contributed by atoms with Crippen molar-refractivity contribution in [1.29, 1.82) is 0 Å². The summed E-state index contributed by atoms with van der Waals surface area (Å²) in [7, 11) is -3.51. The second-order valence-electron chi connectivity index (χ2n) is 9.07. The fourth-order valence-corrected chi connectivity index (χ4v) is 4.73. The van der Waals surface area contributed by atoms with Crippen molar-refractivity contribution in [3.05, 3.63) is 65.2 Å². The van der Waals surface area contributed by atoms with Gasteiger partial charge in [-0.15, -0.1) is 0 Å². The zero-order chi connectivity index (χ0) is 25.5. The number of hydrogen-bond donors (Lipinski definition) is 1. The second-order valence-corrected chi connectivity index (χ2v) is 11.0. The average Bonchev–Trinajstić information content (AvgIpc) is 2.75. The molecule has 0 aliphatic rings. The van der Waals surface area contributed by atoms with Crippen molar-refractivity contribution in [2.75, 3.05) is 17.1 Å². The van der Waals surface area contributed by atoms with Crippen LogP contribution in [0, 0.1) is 13.8 Å². The number of nitrogens with one attached hydrogen (secondary N) is 1. The van der Waals surface area contributed by atoms with Gasteiger partial charge in [-0.3, -0.25) is 13.9 Å². The molecule has 2 amide bonds. The fourth-order valence-electron chi connectivity index (χ4n) is 3.70. The topological polar surface area (TPSA) is 86.8 Å². The molecule has 0 bridgehead atoms. The van der Waals surface area contributed by atoms with Crippen LogP contribution in [-0.2, 0) is 26.2 Å². The van der Waals surface area contributed by atoms with E-state index in [2.05, 4.69) is 5.32 Å². The van der Waals surface area contributed by atoms with Crippen molar-refractivity contribution in [3.8, 4) is 0 Å². The van der Waals surface area contributed by atoms with Crippen LogP contribution in [0.15, 0.2) is 48.5 Å². The lowest BCUT2D eigenvalue weighted by atomic mass is 10.1. The predicted octanol–water partition coefficient (Wildman–Crippen LogP) is 3.79. The molecule has 1 atom stereocenters. The van der Waals surface area contributed by atoms with Gasteiger partial charge >= 0.3 is 0 Å². The van der Waals surface area contributed by atoms with Crippen LogP contribution in [0.1, 0.15) is 50.3 Å². The highest BCUT2D eigenvalue weighted by molar-refractivity contribution is 7.92. The lowest BCUT2D eigenvalue weighted by Gasteiger charge is -2.30. The van der Waals surface area contributed by atoms with Gasteiger partial charge in [-0.2, -0.15) is 0 Å². The van der Waals surface area contributed by atoms with E-state index < -0.39 is 16.1 Å². The summed E-state index contributed by atoms with van der Waals surface area (Å²) in [6, 6.07) is 14.4. The summed E-state index contributed by atoms with van der Waals surface area (Å²) < 4.78 is 26.2. The van der Waals surface area contributed by atoms with Crippen LogP contribution in [0.25, 0.3) is 0 Å². The van der Waals surface area contributed by atoms with Crippen LogP contribution < -0.4 is 9.62 Å². The zero-order valence-corrected chi connectivity index (χ0v) is 21.9. The number of aryl methyl sites for hydroxylation is 2. The Morgan fingerprint density at radius 3 is 2.15 bits per heavy atom. The highest BCUT2D eigenvalue weighted by atomic mass is 32.2. The number of nitrogens with zero attached hydrogens (tertiary/aromatic N) is 2. The number of benzene rings is 2. The molecule has 0 heterocycles. The summed E-state index contributed by atoms with van der Waals surface area (Å²) in [6.07, 6.45) is 1.63. The summed E-state index contributed by atoms with van der Waals surface area (Å²) in [5, 5.41) is 2.87. The van der Waals surface area contributed by atoms with Gasteiger partial charge in [0.05, 0.1) is 11.9 Å². The Bertz CT molecular complexity index is 1080. The number of carbonyl (C=O) groups excluding carboxylic acids is 2. The minimum atomic E-state index is -3.51. The van der Waals surface area contributed by atoms with Gasteiger partial charge < -0.3 is 10.2 Å². The normalized spacial score (nSPS) is 12.3. The third-order valence-electron chi connectivity index (χ3n) is 5.61. The summed E-state index contributed by atoms with van der Waals surface area (Å²) >= 11 is 0. The van der Waals surface area contributed by atoms with Crippen molar-refractivity contribution in [2.45, 2.75) is 66.1 Å². The third-order valence-corrected chi connectivity index (χ3v) is 6.79. The summed E-state index contributed by atoms with van der Waals surface area (Å²) in [5.41, 5.74) is 3.50. The Morgan fingerprint density at radius 2 is 1.59 bits per heavy atom. The predicted molar refractivity (Wildman–Crippen MR) is 137 cm³/mol. The first-order valence-electron chi connectivity index (χ1n) is 11.6. The van der Waals surface area contributed by atoms with E-state index in [1.54, 1.807) is 24.0 Å². The van der Waals surface area contributed by atoms with Crippen LogP contribution in [0.5, 0.6) is 0 Å². The minimum absolute atomic E-state index is 0.0382. The molecule has 0 aromatic heterocycles. The van der Waals surface area contributed by atoms with Crippen molar-refractivity contribution in [3.63, 3.8) is 0 Å². The van der Waals surface area contributed by atoms with Gasteiger partial charge in [0.25, 0.3) is 0 Å². The maximum absolute atomic E-state index is 13.3. The standard InChI is InChI=1S/C26H37N3O4S/c1-19(2)27-26(31)22(5)28(18-23-15-13-20(3)14-16-23)25(30)12-9-17-29(34(6,32)33)24-11-8-7-10-21(24)4/h7-8,10-11,13-16,19,22H,9,12,17-18H2,1-6H3,(H,27,31)/t22-/m1/s1. The summed E-state index contributed by atoms with van der Waals surface area (Å²) in [4.78, 5) is 27.5. The van der Waals surface area contributed by atoms with E-state index in [1.165, 1.54) is 10.6 Å². The first kappa shape index (κ1) is 27.4. The Hall–Kier alpha value is -2.87. The first-order chi connectivity index (χ1) is 15.9. The van der Waals surface area contributed by atoms with Gasteiger partial charge in [-0.05, 0) is 58.2 Å². The molecule has 0 saturated heterocycles. The molecule has 0 aliphatic carbocycles. The van der Waals surface area contributed by atoms with E-state index >= 15 is 0 Å². The maximum atomic E-state index is 13.3. The lowest BCUT2D eigenvalue weighted by Crippen LogP contribution is -2.49. The average molecular weight is 488 g/mol.